The molecule has 0 aliphatic heterocycles. The van der Waals surface area contributed by atoms with Crippen molar-refractivity contribution in [3.05, 3.63) is 76.4 Å². The van der Waals surface area contributed by atoms with Gasteiger partial charge in [-0.3, -0.25) is 4.79 Å². The van der Waals surface area contributed by atoms with Crippen LogP contribution in [0.15, 0.2) is 42.5 Å². The fraction of sp³-hybridized carbons (Fsp3) is 0.227. The summed E-state index contributed by atoms with van der Waals surface area (Å²) in [7, 11) is 1.30. The Morgan fingerprint density at radius 1 is 1.17 bits per heavy atom. The number of methoxy groups -OCH3 is 1. The maximum absolute atomic E-state index is 14.3. The topological polar surface area (TPSA) is 73.2 Å². The number of para-hydroxylation sites is 1. The number of halogens is 1. The van der Waals surface area contributed by atoms with Crippen LogP contribution >= 0.6 is 0 Å². The molecule has 0 atom stereocenters. The lowest BCUT2D eigenvalue weighted by molar-refractivity contribution is 0.0600. The Balaban J connectivity index is 1.70. The Labute approximate surface area is 167 Å². The molecule has 1 aliphatic carbocycles. The molecule has 1 N–H and O–H groups in total. The smallest absolute Gasteiger partial charge is 0.337 e. The number of carbonyl (C=O) groups is 2. The molecule has 4 rings (SSSR count). The summed E-state index contributed by atoms with van der Waals surface area (Å²) in [5.41, 5.74) is 3.96. The molecule has 6 nitrogen and oxygen atoms in total. The minimum atomic E-state index is -0.481. The van der Waals surface area contributed by atoms with Gasteiger partial charge >= 0.3 is 5.97 Å². The number of aryl methyl sites for hydroxylation is 1. The molecule has 148 valence electrons. The van der Waals surface area contributed by atoms with Gasteiger partial charge in [-0.1, -0.05) is 18.2 Å². The van der Waals surface area contributed by atoms with Crippen molar-refractivity contribution >= 4 is 17.6 Å². The first kappa shape index (κ1) is 18.9. The van der Waals surface area contributed by atoms with Crippen molar-refractivity contribution in [3.8, 4) is 5.69 Å². The highest BCUT2D eigenvalue weighted by Gasteiger charge is 2.28. The second kappa shape index (κ2) is 7.50. The van der Waals surface area contributed by atoms with Crippen LogP contribution in [0.25, 0.3) is 5.69 Å². The molecule has 0 fully saturated rings. The SMILES string of the molecule is COC(=O)c1ccc(C)c(NC(=O)c2nn(-c3ccccc3F)c3c2CCC3)c1. The van der Waals surface area contributed by atoms with Gasteiger partial charge in [0.25, 0.3) is 5.91 Å². The van der Waals surface area contributed by atoms with Crippen molar-refractivity contribution in [3.63, 3.8) is 0 Å². The molecule has 0 saturated heterocycles. The minimum absolute atomic E-state index is 0.281. The van der Waals surface area contributed by atoms with Crippen LogP contribution in [0, 0.1) is 12.7 Å². The monoisotopic (exact) mass is 393 g/mol. The van der Waals surface area contributed by atoms with Crippen molar-refractivity contribution in [2.24, 2.45) is 0 Å². The van der Waals surface area contributed by atoms with E-state index in [-0.39, 0.29) is 11.6 Å². The number of fused-ring (bicyclic) bond motifs is 1. The molecule has 2 aromatic carbocycles. The van der Waals surface area contributed by atoms with Crippen LogP contribution in [0.3, 0.4) is 0 Å². The molecule has 0 bridgehead atoms. The number of nitrogens with zero attached hydrogens (tertiary/aromatic N) is 2. The normalized spacial score (nSPS) is 12.5. The summed E-state index contributed by atoms with van der Waals surface area (Å²) in [6.45, 7) is 1.83. The predicted octanol–water partition coefficient (Wildman–Crippen LogP) is 3.85. The average Bonchev–Trinajstić information content (AvgIpc) is 3.32. The van der Waals surface area contributed by atoms with Crippen LogP contribution in [0.5, 0.6) is 0 Å². The quantitative estimate of drug-likeness (QED) is 0.684. The largest absolute Gasteiger partial charge is 0.465 e. The molecule has 29 heavy (non-hydrogen) atoms. The summed E-state index contributed by atoms with van der Waals surface area (Å²) in [5, 5.41) is 7.27. The molecule has 0 radical (unpaired) electrons. The number of hydrogen-bond donors (Lipinski definition) is 1. The summed E-state index contributed by atoms with van der Waals surface area (Å²) in [4.78, 5) is 24.8. The van der Waals surface area contributed by atoms with Crippen molar-refractivity contribution in [2.45, 2.75) is 26.2 Å². The van der Waals surface area contributed by atoms with E-state index >= 15 is 0 Å². The second-order valence-electron chi connectivity index (χ2n) is 6.97. The predicted molar refractivity (Wildman–Crippen MR) is 106 cm³/mol. The van der Waals surface area contributed by atoms with E-state index in [0.717, 1.165) is 29.7 Å². The molecule has 0 saturated carbocycles. The van der Waals surface area contributed by atoms with E-state index in [2.05, 4.69) is 10.4 Å². The molecular formula is C22H20FN3O3. The third kappa shape index (κ3) is 3.40. The zero-order valence-corrected chi connectivity index (χ0v) is 16.2. The Morgan fingerprint density at radius 3 is 2.72 bits per heavy atom. The Morgan fingerprint density at radius 2 is 1.97 bits per heavy atom. The first-order chi connectivity index (χ1) is 14.0. The van der Waals surface area contributed by atoms with Crippen molar-refractivity contribution in [1.82, 2.24) is 9.78 Å². The standard InChI is InChI=1S/C22H20FN3O3/c1-13-10-11-14(22(28)29-2)12-17(13)24-21(27)20-15-6-5-9-18(15)26(25-20)19-8-4-3-7-16(19)23/h3-4,7-8,10-12H,5-6,9H2,1-2H3,(H,24,27). The molecule has 0 spiro atoms. The minimum Gasteiger partial charge on any atom is -0.465 e. The van der Waals surface area contributed by atoms with Gasteiger partial charge in [0.2, 0.25) is 0 Å². The maximum atomic E-state index is 14.3. The summed E-state index contributed by atoms with van der Waals surface area (Å²) < 4.78 is 20.6. The van der Waals surface area contributed by atoms with E-state index < -0.39 is 11.8 Å². The molecule has 0 unspecified atom stereocenters. The summed E-state index contributed by atoms with van der Waals surface area (Å²) in [6, 6.07) is 11.3. The molecule has 1 heterocycles. The number of nitrogens with one attached hydrogen (secondary N) is 1. The highest BCUT2D eigenvalue weighted by Crippen LogP contribution is 2.29. The van der Waals surface area contributed by atoms with Gasteiger partial charge in [-0.05, 0) is 56.0 Å². The van der Waals surface area contributed by atoms with E-state index in [9.17, 15) is 14.0 Å². The third-order valence-electron chi connectivity index (χ3n) is 5.13. The Bertz CT molecular complexity index is 1120. The molecule has 1 amide bonds. The van der Waals surface area contributed by atoms with E-state index in [1.54, 1.807) is 36.4 Å². The summed E-state index contributed by atoms with van der Waals surface area (Å²) in [5.74, 6) is -1.26. The fourth-order valence-electron chi connectivity index (χ4n) is 3.63. The van der Waals surface area contributed by atoms with Crippen LogP contribution in [-0.4, -0.2) is 28.8 Å². The van der Waals surface area contributed by atoms with E-state index in [4.69, 9.17) is 4.74 Å². The first-order valence-electron chi connectivity index (χ1n) is 9.35. The van der Waals surface area contributed by atoms with Crippen LogP contribution in [0.1, 0.15) is 44.1 Å². The van der Waals surface area contributed by atoms with Crippen LogP contribution < -0.4 is 5.32 Å². The van der Waals surface area contributed by atoms with Gasteiger partial charge in [-0.15, -0.1) is 0 Å². The maximum Gasteiger partial charge on any atom is 0.337 e. The summed E-state index contributed by atoms with van der Waals surface area (Å²) in [6.07, 6.45) is 2.34. The number of amides is 1. The van der Waals surface area contributed by atoms with Crippen LogP contribution in [0.4, 0.5) is 10.1 Å². The van der Waals surface area contributed by atoms with Gasteiger partial charge in [-0.2, -0.15) is 5.10 Å². The van der Waals surface area contributed by atoms with Gasteiger partial charge in [0.1, 0.15) is 11.5 Å². The first-order valence-corrected chi connectivity index (χ1v) is 9.35. The van der Waals surface area contributed by atoms with Crippen LogP contribution in [0.2, 0.25) is 0 Å². The van der Waals surface area contributed by atoms with Crippen molar-refractivity contribution in [1.29, 1.82) is 0 Å². The number of anilines is 1. The lowest BCUT2D eigenvalue weighted by Gasteiger charge is -2.10. The zero-order valence-electron chi connectivity index (χ0n) is 16.2. The molecule has 7 heteroatoms. The number of benzene rings is 2. The van der Waals surface area contributed by atoms with E-state index in [0.29, 0.717) is 23.4 Å². The number of carbonyl (C=O) groups excluding carboxylic acids is 2. The lowest BCUT2D eigenvalue weighted by atomic mass is 10.1. The Hall–Kier alpha value is -3.48. The van der Waals surface area contributed by atoms with E-state index in [1.807, 2.05) is 6.92 Å². The van der Waals surface area contributed by atoms with Gasteiger partial charge in [-0.25, -0.2) is 13.9 Å². The van der Waals surface area contributed by atoms with Gasteiger partial charge < -0.3 is 10.1 Å². The summed E-state index contributed by atoms with van der Waals surface area (Å²) >= 11 is 0. The molecule has 3 aromatic rings. The number of esters is 1. The van der Waals surface area contributed by atoms with Gasteiger partial charge in [0, 0.05) is 16.9 Å². The fourth-order valence-corrected chi connectivity index (χ4v) is 3.63. The highest BCUT2D eigenvalue weighted by atomic mass is 19.1. The number of rotatable bonds is 4. The number of aromatic nitrogens is 2. The lowest BCUT2D eigenvalue weighted by Crippen LogP contribution is -2.16. The highest BCUT2D eigenvalue weighted by molar-refractivity contribution is 6.05. The van der Waals surface area contributed by atoms with E-state index in [1.165, 1.54) is 17.9 Å². The number of hydrogen-bond acceptors (Lipinski definition) is 4. The molecule has 1 aromatic heterocycles. The van der Waals surface area contributed by atoms with Gasteiger partial charge in [0.05, 0.1) is 12.7 Å². The second-order valence-corrected chi connectivity index (χ2v) is 6.97. The third-order valence-corrected chi connectivity index (χ3v) is 5.13. The Kier molecular flexibility index (Phi) is 4.88. The average molecular weight is 393 g/mol. The zero-order chi connectivity index (χ0) is 20.5. The van der Waals surface area contributed by atoms with Gasteiger partial charge in [0.15, 0.2) is 5.69 Å². The van der Waals surface area contributed by atoms with Crippen molar-refractivity contribution in [2.75, 3.05) is 12.4 Å². The van der Waals surface area contributed by atoms with Crippen molar-refractivity contribution < 1.29 is 18.7 Å². The van der Waals surface area contributed by atoms with Crippen LogP contribution in [-0.2, 0) is 17.6 Å². The molecular weight excluding hydrogens is 373 g/mol. The molecule has 1 aliphatic rings. The number of ether oxygens (including phenoxy) is 1.